The highest BCUT2D eigenvalue weighted by Gasteiger charge is 2.08. The van der Waals surface area contributed by atoms with E-state index in [4.69, 9.17) is 4.55 Å². The highest BCUT2D eigenvalue weighted by molar-refractivity contribution is 7.85. The zero-order valence-electron chi connectivity index (χ0n) is 8.54. The van der Waals surface area contributed by atoms with Gasteiger partial charge < -0.3 is 4.90 Å². The van der Waals surface area contributed by atoms with Crippen LogP contribution in [0.4, 0.5) is 0 Å². The summed E-state index contributed by atoms with van der Waals surface area (Å²) in [7, 11) is -0.207. The highest BCUT2D eigenvalue weighted by atomic mass is 35.5. The molecule has 4 nitrogen and oxygen atoms in total. The summed E-state index contributed by atoms with van der Waals surface area (Å²) in [6.45, 7) is 0.742. The quantitative estimate of drug-likeness (QED) is 0.826. The molecule has 0 aliphatic carbocycles. The van der Waals surface area contributed by atoms with E-state index in [0.29, 0.717) is 0 Å². The van der Waals surface area contributed by atoms with Crippen LogP contribution in [0.2, 0.25) is 0 Å². The maximum absolute atomic E-state index is 10.7. The lowest BCUT2D eigenvalue weighted by molar-refractivity contribution is 0.402. The van der Waals surface area contributed by atoms with Crippen LogP contribution in [0.3, 0.4) is 0 Å². The molecule has 0 fully saturated rings. The summed E-state index contributed by atoms with van der Waals surface area (Å²) in [5.41, 5.74) is 1.00. The van der Waals surface area contributed by atoms with E-state index in [1.165, 1.54) is 12.1 Å². The zero-order valence-corrected chi connectivity index (χ0v) is 10.2. The van der Waals surface area contributed by atoms with Gasteiger partial charge in [-0.2, -0.15) is 8.42 Å². The molecule has 0 aromatic heterocycles. The normalized spacial score (nSPS) is 11.2. The van der Waals surface area contributed by atoms with Crippen LogP contribution >= 0.6 is 12.4 Å². The molecule has 1 rings (SSSR count). The Kier molecular flexibility index (Phi) is 5.23. The van der Waals surface area contributed by atoms with E-state index in [1.807, 2.05) is 19.0 Å². The molecule has 86 valence electrons. The summed E-state index contributed by atoms with van der Waals surface area (Å²) in [6, 6.07) is 6.16. The first kappa shape index (κ1) is 14.4. The van der Waals surface area contributed by atoms with Gasteiger partial charge in [0, 0.05) is 6.54 Å². The predicted octanol–water partition coefficient (Wildman–Crippen LogP) is 1.42. The number of hydrogen-bond donors (Lipinski definition) is 1. The Hall–Kier alpha value is -0.620. The molecule has 1 aromatic carbocycles. The van der Waals surface area contributed by atoms with Gasteiger partial charge in [0.05, 0.1) is 4.90 Å². The average Bonchev–Trinajstić information content (AvgIpc) is 2.02. The van der Waals surface area contributed by atoms with Gasteiger partial charge in [0.1, 0.15) is 0 Å². The van der Waals surface area contributed by atoms with Crippen molar-refractivity contribution in [1.82, 2.24) is 4.90 Å². The molecule has 0 saturated heterocycles. The van der Waals surface area contributed by atoms with Crippen LogP contribution in [0.15, 0.2) is 29.2 Å². The van der Waals surface area contributed by atoms with Crippen molar-refractivity contribution in [3.05, 3.63) is 29.8 Å². The van der Waals surface area contributed by atoms with E-state index in [9.17, 15) is 8.42 Å². The molecule has 0 amide bonds. The van der Waals surface area contributed by atoms with Gasteiger partial charge in [-0.3, -0.25) is 4.55 Å². The van der Waals surface area contributed by atoms with Crippen LogP contribution < -0.4 is 0 Å². The third kappa shape index (κ3) is 4.61. The summed E-state index contributed by atoms with van der Waals surface area (Å²) < 4.78 is 30.1. The van der Waals surface area contributed by atoms with Crippen molar-refractivity contribution in [2.45, 2.75) is 11.4 Å². The molecule has 1 N–H and O–H groups in total. The van der Waals surface area contributed by atoms with Crippen molar-refractivity contribution >= 4 is 22.5 Å². The standard InChI is InChI=1S/C9H13NO3S.ClH/c1-10(2)7-8-3-5-9(6-4-8)14(11,12)13;/h3-6H,7H2,1-2H3,(H,11,12,13);1H. The van der Waals surface area contributed by atoms with E-state index >= 15 is 0 Å². The molecule has 0 unspecified atom stereocenters. The molecule has 0 heterocycles. The second-order valence-electron chi connectivity index (χ2n) is 3.36. The predicted molar refractivity (Wildman–Crippen MR) is 60.9 cm³/mol. The van der Waals surface area contributed by atoms with Crippen LogP contribution in [0, 0.1) is 0 Å². The molecular weight excluding hydrogens is 238 g/mol. The number of nitrogens with zero attached hydrogens (tertiary/aromatic N) is 1. The van der Waals surface area contributed by atoms with E-state index in [0.717, 1.165) is 12.1 Å². The SMILES string of the molecule is CN(C)Cc1ccc(S(=O)(=O)O)cc1.Cl. The lowest BCUT2D eigenvalue weighted by Crippen LogP contribution is -2.10. The van der Waals surface area contributed by atoms with Crippen molar-refractivity contribution < 1.29 is 13.0 Å². The second-order valence-corrected chi connectivity index (χ2v) is 4.78. The smallest absolute Gasteiger partial charge is 0.294 e. The third-order valence-electron chi connectivity index (χ3n) is 1.72. The minimum atomic E-state index is -4.06. The molecule has 0 aliphatic rings. The van der Waals surface area contributed by atoms with Crippen molar-refractivity contribution in [3.8, 4) is 0 Å². The van der Waals surface area contributed by atoms with Gasteiger partial charge in [0.15, 0.2) is 0 Å². The first-order valence-corrected chi connectivity index (χ1v) is 5.55. The Bertz CT molecular complexity index is 400. The van der Waals surface area contributed by atoms with Crippen molar-refractivity contribution in [1.29, 1.82) is 0 Å². The summed E-state index contributed by atoms with van der Waals surface area (Å²) >= 11 is 0. The minimum Gasteiger partial charge on any atom is -0.305 e. The van der Waals surface area contributed by atoms with Gasteiger partial charge in [-0.25, -0.2) is 0 Å². The maximum Gasteiger partial charge on any atom is 0.294 e. The summed E-state index contributed by atoms with van der Waals surface area (Å²) in [5.74, 6) is 0. The summed E-state index contributed by atoms with van der Waals surface area (Å²) in [4.78, 5) is 1.91. The van der Waals surface area contributed by atoms with Gasteiger partial charge in [-0.05, 0) is 31.8 Å². The van der Waals surface area contributed by atoms with E-state index in [-0.39, 0.29) is 17.3 Å². The van der Waals surface area contributed by atoms with Gasteiger partial charge >= 0.3 is 0 Å². The van der Waals surface area contributed by atoms with Crippen molar-refractivity contribution in [2.24, 2.45) is 0 Å². The molecule has 0 aliphatic heterocycles. The fraction of sp³-hybridized carbons (Fsp3) is 0.333. The van der Waals surface area contributed by atoms with Gasteiger partial charge in [0.25, 0.3) is 10.1 Å². The van der Waals surface area contributed by atoms with Crippen molar-refractivity contribution in [3.63, 3.8) is 0 Å². The first-order chi connectivity index (χ1) is 6.39. The van der Waals surface area contributed by atoms with Crippen LogP contribution in [-0.2, 0) is 16.7 Å². The fourth-order valence-electron chi connectivity index (χ4n) is 1.13. The van der Waals surface area contributed by atoms with Crippen LogP contribution in [-0.4, -0.2) is 32.0 Å². The average molecular weight is 252 g/mol. The lowest BCUT2D eigenvalue weighted by atomic mass is 10.2. The largest absolute Gasteiger partial charge is 0.305 e. The van der Waals surface area contributed by atoms with Crippen LogP contribution in [0.25, 0.3) is 0 Å². The topological polar surface area (TPSA) is 57.6 Å². The van der Waals surface area contributed by atoms with E-state index in [1.54, 1.807) is 12.1 Å². The fourth-order valence-corrected chi connectivity index (χ4v) is 1.61. The molecule has 0 atom stereocenters. The van der Waals surface area contributed by atoms with Crippen LogP contribution in [0.1, 0.15) is 5.56 Å². The maximum atomic E-state index is 10.7. The Morgan fingerprint density at radius 2 is 1.67 bits per heavy atom. The molecular formula is C9H14ClNO3S. The summed E-state index contributed by atoms with van der Waals surface area (Å²) in [6.07, 6.45) is 0. The number of benzene rings is 1. The molecule has 0 spiro atoms. The summed E-state index contributed by atoms with van der Waals surface area (Å²) in [5, 5.41) is 0. The molecule has 1 aromatic rings. The molecule has 0 saturated carbocycles. The monoisotopic (exact) mass is 251 g/mol. The number of rotatable bonds is 3. The van der Waals surface area contributed by atoms with Gasteiger partial charge in [-0.15, -0.1) is 12.4 Å². The minimum absolute atomic E-state index is 0. The Morgan fingerprint density at radius 3 is 2.00 bits per heavy atom. The third-order valence-corrected chi connectivity index (χ3v) is 2.59. The Labute approximate surface area is 96.1 Å². The zero-order chi connectivity index (χ0) is 10.8. The van der Waals surface area contributed by atoms with Crippen LogP contribution in [0.5, 0.6) is 0 Å². The Balaban J connectivity index is 0.00000196. The number of hydrogen-bond acceptors (Lipinski definition) is 3. The Morgan fingerprint density at radius 1 is 1.20 bits per heavy atom. The van der Waals surface area contributed by atoms with Gasteiger partial charge in [0.2, 0.25) is 0 Å². The lowest BCUT2D eigenvalue weighted by Gasteiger charge is -2.09. The first-order valence-electron chi connectivity index (χ1n) is 4.11. The number of halogens is 1. The van der Waals surface area contributed by atoms with Crippen molar-refractivity contribution in [2.75, 3.05) is 14.1 Å². The van der Waals surface area contributed by atoms with E-state index < -0.39 is 10.1 Å². The van der Waals surface area contributed by atoms with E-state index in [2.05, 4.69) is 0 Å². The highest BCUT2D eigenvalue weighted by Crippen LogP contribution is 2.10. The van der Waals surface area contributed by atoms with Gasteiger partial charge in [-0.1, -0.05) is 12.1 Å². The molecule has 0 bridgehead atoms. The molecule has 15 heavy (non-hydrogen) atoms. The molecule has 0 radical (unpaired) electrons. The second kappa shape index (κ2) is 5.46. The molecule has 6 heteroatoms.